The van der Waals surface area contributed by atoms with Gasteiger partial charge < -0.3 is 4.90 Å². The number of hydrogen-bond donors (Lipinski definition) is 0. The van der Waals surface area contributed by atoms with Gasteiger partial charge in [0, 0.05) is 25.2 Å². The van der Waals surface area contributed by atoms with Crippen molar-refractivity contribution in [3.05, 3.63) is 29.2 Å². The molecule has 0 saturated carbocycles. The van der Waals surface area contributed by atoms with Crippen LogP contribution in [-0.2, 0) is 0 Å². The predicted octanol–water partition coefficient (Wildman–Crippen LogP) is 1.92. The third-order valence-corrected chi connectivity index (χ3v) is 3.79. The molecule has 0 N–H and O–H groups in total. The van der Waals surface area contributed by atoms with Crippen molar-refractivity contribution in [2.75, 3.05) is 13.1 Å². The first-order valence-corrected chi connectivity index (χ1v) is 6.67. The number of carbonyl (C=O) groups is 1. The van der Waals surface area contributed by atoms with Gasteiger partial charge in [0.1, 0.15) is 5.67 Å². The summed E-state index contributed by atoms with van der Waals surface area (Å²) in [6, 6.07) is 1.86. The fraction of sp³-hybridized carbons (Fsp3) is 0.500. The number of rotatable bonds is 1. The lowest BCUT2D eigenvalue weighted by molar-refractivity contribution is 0.0759. The second kappa shape index (κ2) is 4.26. The van der Waals surface area contributed by atoms with Crippen LogP contribution in [0.2, 0.25) is 0 Å². The van der Waals surface area contributed by atoms with E-state index in [0.717, 1.165) is 11.4 Å². The molecule has 6 heteroatoms. The number of fused-ring (bicyclic) bond motifs is 1. The highest BCUT2D eigenvalue weighted by atomic mass is 19.1. The van der Waals surface area contributed by atoms with E-state index in [1.165, 1.54) is 6.92 Å². The number of likely N-dealkylation sites (tertiary alicyclic amines) is 1. The largest absolute Gasteiger partial charge is 0.335 e. The van der Waals surface area contributed by atoms with Crippen molar-refractivity contribution in [3.8, 4) is 0 Å². The Morgan fingerprint density at radius 3 is 2.85 bits per heavy atom. The van der Waals surface area contributed by atoms with Crippen molar-refractivity contribution in [1.82, 2.24) is 19.5 Å². The predicted molar refractivity (Wildman–Crippen MR) is 72.5 cm³/mol. The Balaban J connectivity index is 1.98. The average Bonchev–Trinajstić information content (AvgIpc) is 2.92. The van der Waals surface area contributed by atoms with Crippen molar-refractivity contribution in [2.45, 2.75) is 32.9 Å². The zero-order valence-electron chi connectivity index (χ0n) is 11.9. The van der Waals surface area contributed by atoms with Crippen LogP contribution in [0.3, 0.4) is 0 Å². The third-order valence-electron chi connectivity index (χ3n) is 3.79. The molecule has 0 spiro atoms. The molecule has 1 aliphatic heterocycles. The minimum Gasteiger partial charge on any atom is -0.335 e. The number of carbonyl (C=O) groups excluding carboxylic acids is 1. The SMILES string of the molecule is Cc1cc2ncc(C(=O)N3CCC(C)(F)C3)c(C)n2n1. The van der Waals surface area contributed by atoms with E-state index in [4.69, 9.17) is 0 Å². The first-order valence-electron chi connectivity index (χ1n) is 6.67. The molecular formula is C14H17FN4O. The van der Waals surface area contributed by atoms with Crippen LogP contribution in [0, 0.1) is 13.8 Å². The van der Waals surface area contributed by atoms with Gasteiger partial charge >= 0.3 is 0 Å². The summed E-state index contributed by atoms with van der Waals surface area (Å²) < 4.78 is 15.5. The van der Waals surface area contributed by atoms with E-state index >= 15 is 0 Å². The van der Waals surface area contributed by atoms with E-state index < -0.39 is 5.67 Å². The van der Waals surface area contributed by atoms with Gasteiger partial charge in [0.05, 0.1) is 23.5 Å². The van der Waals surface area contributed by atoms with Crippen LogP contribution in [0.4, 0.5) is 4.39 Å². The van der Waals surface area contributed by atoms with Gasteiger partial charge in [-0.3, -0.25) is 4.79 Å². The van der Waals surface area contributed by atoms with Crippen molar-refractivity contribution < 1.29 is 9.18 Å². The second-order valence-electron chi connectivity index (χ2n) is 5.70. The molecule has 3 heterocycles. The molecule has 106 valence electrons. The maximum Gasteiger partial charge on any atom is 0.257 e. The molecule has 0 aromatic carbocycles. The Labute approximate surface area is 116 Å². The van der Waals surface area contributed by atoms with Gasteiger partial charge in [0.25, 0.3) is 5.91 Å². The lowest BCUT2D eigenvalue weighted by Gasteiger charge is -2.18. The second-order valence-corrected chi connectivity index (χ2v) is 5.70. The molecule has 0 bridgehead atoms. The lowest BCUT2D eigenvalue weighted by atomic mass is 10.1. The van der Waals surface area contributed by atoms with Crippen LogP contribution in [0.1, 0.15) is 35.1 Å². The number of hydrogen-bond acceptors (Lipinski definition) is 3. The van der Waals surface area contributed by atoms with Crippen molar-refractivity contribution in [3.63, 3.8) is 0 Å². The first kappa shape index (κ1) is 13.0. The highest BCUT2D eigenvalue weighted by Gasteiger charge is 2.36. The summed E-state index contributed by atoms with van der Waals surface area (Å²) in [5, 5.41) is 4.32. The molecular weight excluding hydrogens is 259 g/mol. The smallest absolute Gasteiger partial charge is 0.257 e. The highest BCUT2D eigenvalue weighted by Crippen LogP contribution is 2.26. The van der Waals surface area contributed by atoms with E-state index in [9.17, 15) is 9.18 Å². The summed E-state index contributed by atoms with van der Waals surface area (Å²) in [7, 11) is 0. The highest BCUT2D eigenvalue weighted by molar-refractivity contribution is 5.95. The van der Waals surface area contributed by atoms with Crippen LogP contribution in [0.5, 0.6) is 0 Å². The summed E-state index contributed by atoms with van der Waals surface area (Å²) in [6.45, 7) is 5.83. The van der Waals surface area contributed by atoms with Gasteiger partial charge in [-0.1, -0.05) is 0 Å². The molecule has 1 fully saturated rings. The average molecular weight is 276 g/mol. The van der Waals surface area contributed by atoms with Crippen LogP contribution in [-0.4, -0.2) is 44.2 Å². The Morgan fingerprint density at radius 2 is 2.20 bits per heavy atom. The number of aromatic nitrogens is 3. The Bertz CT molecular complexity index is 692. The van der Waals surface area contributed by atoms with Gasteiger partial charge in [0.2, 0.25) is 0 Å². The normalized spacial score (nSPS) is 22.7. The van der Waals surface area contributed by atoms with Gasteiger partial charge in [0.15, 0.2) is 5.65 Å². The summed E-state index contributed by atoms with van der Waals surface area (Å²) >= 11 is 0. The summed E-state index contributed by atoms with van der Waals surface area (Å²) in [4.78, 5) is 18.3. The van der Waals surface area contributed by atoms with Gasteiger partial charge in [-0.2, -0.15) is 5.10 Å². The third kappa shape index (κ3) is 2.05. The molecule has 1 unspecified atom stereocenters. The molecule has 1 amide bonds. The van der Waals surface area contributed by atoms with Gasteiger partial charge in [-0.05, 0) is 20.8 Å². The fourth-order valence-corrected chi connectivity index (χ4v) is 2.64. The molecule has 5 nitrogen and oxygen atoms in total. The zero-order chi connectivity index (χ0) is 14.5. The summed E-state index contributed by atoms with van der Waals surface area (Å²) in [5.41, 5.74) is 1.50. The summed E-state index contributed by atoms with van der Waals surface area (Å²) in [5.74, 6) is -0.175. The van der Waals surface area contributed by atoms with Crippen molar-refractivity contribution in [1.29, 1.82) is 0 Å². The number of aryl methyl sites for hydroxylation is 2. The zero-order valence-corrected chi connectivity index (χ0v) is 11.9. The number of halogens is 1. The van der Waals surface area contributed by atoms with Crippen LogP contribution >= 0.6 is 0 Å². The molecule has 1 atom stereocenters. The Hall–Kier alpha value is -1.98. The Kier molecular flexibility index (Phi) is 2.77. The topological polar surface area (TPSA) is 50.5 Å². The van der Waals surface area contributed by atoms with Gasteiger partial charge in [-0.15, -0.1) is 0 Å². The molecule has 0 aliphatic carbocycles. The standard InChI is InChI=1S/C14H17FN4O/c1-9-6-12-16-7-11(10(2)19(12)17-9)13(20)18-5-4-14(3,15)8-18/h6-7H,4-5,8H2,1-3H3. The van der Waals surface area contributed by atoms with E-state index in [0.29, 0.717) is 24.2 Å². The van der Waals surface area contributed by atoms with E-state index in [1.54, 1.807) is 15.6 Å². The quantitative estimate of drug-likeness (QED) is 0.799. The molecule has 2 aromatic heterocycles. The van der Waals surface area contributed by atoms with Crippen LogP contribution in [0.25, 0.3) is 5.65 Å². The monoisotopic (exact) mass is 276 g/mol. The maximum absolute atomic E-state index is 13.9. The first-order chi connectivity index (χ1) is 9.37. The molecule has 20 heavy (non-hydrogen) atoms. The maximum atomic E-state index is 13.9. The fourth-order valence-electron chi connectivity index (χ4n) is 2.64. The molecule has 2 aromatic rings. The Morgan fingerprint density at radius 1 is 1.45 bits per heavy atom. The lowest BCUT2D eigenvalue weighted by Crippen LogP contribution is -2.32. The van der Waals surface area contributed by atoms with Crippen LogP contribution < -0.4 is 0 Å². The molecule has 0 radical (unpaired) electrons. The van der Waals surface area contributed by atoms with Crippen molar-refractivity contribution >= 4 is 11.6 Å². The number of nitrogens with zero attached hydrogens (tertiary/aromatic N) is 4. The van der Waals surface area contributed by atoms with E-state index in [-0.39, 0.29) is 12.5 Å². The number of alkyl halides is 1. The van der Waals surface area contributed by atoms with E-state index in [2.05, 4.69) is 10.1 Å². The van der Waals surface area contributed by atoms with Crippen LogP contribution in [0.15, 0.2) is 12.3 Å². The molecule has 3 rings (SSSR count). The molecule has 1 aliphatic rings. The van der Waals surface area contributed by atoms with Gasteiger partial charge in [-0.25, -0.2) is 13.9 Å². The minimum atomic E-state index is -1.29. The van der Waals surface area contributed by atoms with Crippen molar-refractivity contribution in [2.24, 2.45) is 0 Å². The minimum absolute atomic E-state index is 0.140. The summed E-state index contributed by atoms with van der Waals surface area (Å²) in [6.07, 6.45) is 1.94. The number of amides is 1. The molecule has 1 saturated heterocycles. The van der Waals surface area contributed by atoms with E-state index in [1.807, 2.05) is 19.9 Å².